The van der Waals surface area contributed by atoms with Gasteiger partial charge in [0.1, 0.15) is 6.23 Å². The standard InChI is InChI=1S/C11H14ClNO3S/c1-11(2,3)13-10(14)8-6-7(12)4-5-9(8)17(13,15)16/h4-6,10,14H,1-3H3. The Hall–Kier alpha value is -0.620. The summed E-state index contributed by atoms with van der Waals surface area (Å²) in [6.45, 7) is 5.21. The van der Waals surface area contributed by atoms with Gasteiger partial charge in [0.15, 0.2) is 0 Å². The maximum absolute atomic E-state index is 12.3. The Balaban J connectivity index is 2.69. The van der Waals surface area contributed by atoms with Gasteiger partial charge in [-0.2, -0.15) is 4.31 Å². The molecule has 0 saturated carbocycles. The van der Waals surface area contributed by atoms with Crippen molar-refractivity contribution in [1.29, 1.82) is 0 Å². The van der Waals surface area contributed by atoms with Crippen LogP contribution < -0.4 is 0 Å². The summed E-state index contributed by atoms with van der Waals surface area (Å²) in [5, 5.41) is 10.5. The van der Waals surface area contributed by atoms with E-state index < -0.39 is 21.8 Å². The third kappa shape index (κ3) is 1.87. The molecule has 0 fully saturated rings. The predicted molar refractivity (Wildman–Crippen MR) is 65.2 cm³/mol. The highest BCUT2D eigenvalue weighted by atomic mass is 35.5. The quantitative estimate of drug-likeness (QED) is 0.789. The first-order valence-electron chi connectivity index (χ1n) is 5.18. The first kappa shape index (κ1) is 12.8. The third-order valence-electron chi connectivity index (χ3n) is 2.67. The molecule has 1 aromatic carbocycles. The number of benzene rings is 1. The average Bonchev–Trinajstić information content (AvgIpc) is 2.32. The highest BCUT2D eigenvalue weighted by Crippen LogP contribution is 2.43. The second kappa shape index (κ2) is 3.68. The van der Waals surface area contributed by atoms with Crippen molar-refractivity contribution in [1.82, 2.24) is 4.31 Å². The molecule has 1 aromatic rings. The Morgan fingerprint density at radius 2 is 1.94 bits per heavy atom. The number of rotatable bonds is 0. The Morgan fingerprint density at radius 1 is 1.35 bits per heavy atom. The highest BCUT2D eigenvalue weighted by molar-refractivity contribution is 7.89. The van der Waals surface area contributed by atoms with Crippen LogP contribution in [0.5, 0.6) is 0 Å². The Kier molecular flexibility index (Phi) is 2.78. The zero-order valence-electron chi connectivity index (χ0n) is 9.81. The van der Waals surface area contributed by atoms with Crippen LogP contribution in [0, 0.1) is 0 Å². The summed E-state index contributed by atoms with van der Waals surface area (Å²) in [6.07, 6.45) is -1.17. The molecule has 94 valence electrons. The van der Waals surface area contributed by atoms with E-state index in [9.17, 15) is 13.5 Å². The van der Waals surface area contributed by atoms with Crippen LogP contribution in [0.25, 0.3) is 0 Å². The molecule has 0 spiro atoms. The van der Waals surface area contributed by atoms with Gasteiger partial charge in [0.05, 0.1) is 4.90 Å². The maximum Gasteiger partial charge on any atom is 0.246 e. The molecule has 1 N–H and O–H groups in total. The van der Waals surface area contributed by atoms with E-state index in [1.165, 1.54) is 18.2 Å². The number of aliphatic hydroxyl groups excluding tert-OH is 1. The summed E-state index contributed by atoms with van der Waals surface area (Å²) in [5.41, 5.74) is -0.351. The zero-order valence-corrected chi connectivity index (χ0v) is 11.4. The van der Waals surface area contributed by atoms with E-state index in [1.54, 1.807) is 20.8 Å². The molecule has 0 aliphatic carbocycles. The normalized spacial score (nSPS) is 23.7. The van der Waals surface area contributed by atoms with Gasteiger partial charge in [0, 0.05) is 16.1 Å². The summed E-state index contributed by atoms with van der Waals surface area (Å²) in [6, 6.07) is 4.43. The number of sulfonamides is 1. The first-order chi connectivity index (χ1) is 7.65. The lowest BCUT2D eigenvalue weighted by Crippen LogP contribution is -2.43. The van der Waals surface area contributed by atoms with Crippen molar-refractivity contribution in [2.45, 2.75) is 37.4 Å². The van der Waals surface area contributed by atoms with Crippen LogP contribution in [0.15, 0.2) is 23.1 Å². The lowest BCUT2D eigenvalue weighted by molar-refractivity contribution is 0.0208. The van der Waals surface area contributed by atoms with E-state index in [0.717, 1.165) is 4.31 Å². The maximum atomic E-state index is 12.3. The molecule has 0 radical (unpaired) electrons. The fourth-order valence-electron chi connectivity index (χ4n) is 2.05. The van der Waals surface area contributed by atoms with E-state index in [4.69, 9.17) is 11.6 Å². The smallest absolute Gasteiger partial charge is 0.246 e. The van der Waals surface area contributed by atoms with Crippen molar-refractivity contribution >= 4 is 21.6 Å². The molecule has 0 bridgehead atoms. The van der Waals surface area contributed by atoms with Gasteiger partial charge in [-0.1, -0.05) is 11.6 Å². The summed E-state index contributed by atoms with van der Waals surface area (Å²) in [5.74, 6) is 0. The number of fused-ring (bicyclic) bond motifs is 1. The van der Waals surface area contributed by atoms with Crippen molar-refractivity contribution in [2.75, 3.05) is 0 Å². The lowest BCUT2D eigenvalue weighted by Gasteiger charge is -2.32. The van der Waals surface area contributed by atoms with E-state index >= 15 is 0 Å². The minimum Gasteiger partial charge on any atom is -0.373 e. The molecule has 4 nitrogen and oxygen atoms in total. The van der Waals surface area contributed by atoms with E-state index in [1.807, 2.05) is 0 Å². The SMILES string of the molecule is CC(C)(C)N1C(O)c2cc(Cl)ccc2S1(=O)=O. The van der Waals surface area contributed by atoms with Crippen LogP contribution in [-0.4, -0.2) is 23.4 Å². The second-order valence-corrected chi connectivity index (χ2v) is 7.25. The largest absolute Gasteiger partial charge is 0.373 e. The lowest BCUT2D eigenvalue weighted by atomic mass is 10.1. The second-order valence-electron chi connectivity index (χ2n) is 5.03. The Morgan fingerprint density at radius 3 is 2.47 bits per heavy atom. The van der Waals surface area contributed by atoms with Gasteiger partial charge in [-0.05, 0) is 39.0 Å². The van der Waals surface area contributed by atoms with Crippen molar-refractivity contribution < 1.29 is 13.5 Å². The number of nitrogens with zero attached hydrogens (tertiary/aromatic N) is 1. The number of aliphatic hydroxyl groups is 1. The van der Waals surface area contributed by atoms with Gasteiger partial charge >= 0.3 is 0 Å². The molecular weight excluding hydrogens is 262 g/mol. The van der Waals surface area contributed by atoms with Crippen LogP contribution in [0.3, 0.4) is 0 Å². The van der Waals surface area contributed by atoms with Gasteiger partial charge in [0.2, 0.25) is 10.0 Å². The fourth-order valence-corrected chi connectivity index (χ4v) is 4.24. The molecule has 0 saturated heterocycles. The monoisotopic (exact) mass is 275 g/mol. The Bertz CT molecular complexity index is 563. The third-order valence-corrected chi connectivity index (χ3v) is 5.10. The first-order valence-corrected chi connectivity index (χ1v) is 6.99. The minimum absolute atomic E-state index is 0.129. The molecule has 0 aromatic heterocycles. The van der Waals surface area contributed by atoms with E-state index in [2.05, 4.69) is 0 Å². The molecule has 17 heavy (non-hydrogen) atoms. The molecule has 6 heteroatoms. The van der Waals surface area contributed by atoms with Crippen LogP contribution in [0.1, 0.15) is 32.6 Å². The van der Waals surface area contributed by atoms with Gasteiger partial charge < -0.3 is 5.11 Å². The molecule has 1 aliphatic rings. The molecule has 2 rings (SSSR count). The van der Waals surface area contributed by atoms with Crippen molar-refractivity contribution in [3.63, 3.8) is 0 Å². The van der Waals surface area contributed by atoms with E-state index in [-0.39, 0.29) is 4.90 Å². The number of halogens is 1. The van der Waals surface area contributed by atoms with E-state index in [0.29, 0.717) is 10.6 Å². The van der Waals surface area contributed by atoms with Gasteiger partial charge in [0.25, 0.3) is 0 Å². The summed E-state index contributed by atoms with van der Waals surface area (Å²) >= 11 is 5.82. The fraction of sp³-hybridized carbons (Fsp3) is 0.455. The van der Waals surface area contributed by atoms with Crippen molar-refractivity contribution in [3.8, 4) is 0 Å². The minimum atomic E-state index is -3.65. The van der Waals surface area contributed by atoms with Crippen LogP contribution in [0.4, 0.5) is 0 Å². The molecule has 0 amide bonds. The molecule has 1 heterocycles. The number of hydrogen-bond acceptors (Lipinski definition) is 3. The van der Waals surface area contributed by atoms with Crippen LogP contribution in [0.2, 0.25) is 5.02 Å². The highest BCUT2D eigenvalue weighted by Gasteiger charge is 2.47. The van der Waals surface area contributed by atoms with Crippen molar-refractivity contribution in [2.24, 2.45) is 0 Å². The predicted octanol–water partition coefficient (Wildman–Crippen LogP) is 2.13. The molecular formula is C11H14ClNO3S. The van der Waals surface area contributed by atoms with Crippen LogP contribution in [-0.2, 0) is 10.0 Å². The molecule has 1 atom stereocenters. The summed E-state index contributed by atoms with van der Waals surface area (Å²) in [4.78, 5) is 0.129. The molecule has 1 aliphatic heterocycles. The van der Waals surface area contributed by atoms with Crippen LogP contribution >= 0.6 is 11.6 Å². The summed E-state index contributed by atoms with van der Waals surface area (Å²) < 4.78 is 25.6. The topological polar surface area (TPSA) is 57.6 Å². The summed E-state index contributed by atoms with van der Waals surface area (Å²) in [7, 11) is -3.65. The molecule has 1 unspecified atom stereocenters. The van der Waals surface area contributed by atoms with Crippen molar-refractivity contribution in [3.05, 3.63) is 28.8 Å². The average molecular weight is 276 g/mol. The van der Waals surface area contributed by atoms with Gasteiger partial charge in [-0.25, -0.2) is 8.42 Å². The number of hydrogen-bond donors (Lipinski definition) is 1. The van der Waals surface area contributed by atoms with Gasteiger partial charge in [-0.15, -0.1) is 0 Å². The van der Waals surface area contributed by atoms with Gasteiger partial charge in [-0.3, -0.25) is 0 Å². The zero-order chi connectivity index (χ0) is 13.0. The Labute approximate surface area is 106 Å².